The first-order valence-electron chi connectivity index (χ1n) is 8.91. The van der Waals surface area contributed by atoms with Crippen LogP contribution in [0.5, 0.6) is 0 Å². The van der Waals surface area contributed by atoms with Gasteiger partial charge >= 0.3 is 11.9 Å². The highest BCUT2D eigenvalue weighted by Gasteiger charge is 2.32. The lowest BCUT2D eigenvalue weighted by atomic mass is 10.1. The Hall–Kier alpha value is -0.830. The van der Waals surface area contributed by atoms with E-state index in [1.165, 1.54) is 6.07 Å². The second kappa shape index (κ2) is 13.9. The maximum atomic E-state index is 13.0. The summed E-state index contributed by atoms with van der Waals surface area (Å²) in [6.45, 7) is 0.821. The number of hydrogen-bond donors (Lipinski definition) is 3. The van der Waals surface area contributed by atoms with Crippen LogP contribution in [0.4, 0.5) is 5.69 Å². The van der Waals surface area contributed by atoms with Crippen LogP contribution in [0.2, 0.25) is 0 Å². The van der Waals surface area contributed by atoms with Crippen LogP contribution in [0, 0.1) is 7.14 Å². The van der Waals surface area contributed by atoms with Crippen molar-refractivity contribution < 1.29 is 43.7 Å². The van der Waals surface area contributed by atoms with E-state index in [0.717, 1.165) is 17.0 Å². The molecule has 0 aliphatic carbocycles. The van der Waals surface area contributed by atoms with Crippen LogP contribution in [0.15, 0.2) is 6.07 Å². The summed E-state index contributed by atoms with van der Waals surface area (Å²) < 4.78 is 11.2. The van der Waals surface area contributed by atoms with Crippen molar-refractivity contribution in [3.8, 4) is 0 Å². The molecule has 2 unspecified atom stereocenters. The molecule has 1 aromatic rings. The Morgan fingerprint density at radius 3 is 2.24 bits per heavy atom. The molecule has 182 valence electrons. The number of anilines is 1. The van der Waals surface area contributed by atoms with Crippen LogP contribution in [-0.4, -0.2) is 71.2 Å². The molecule has 0 heterocycles. The summed E-state index contributed by atoms with van der Waals surface area (Å²) in [6, 6.07) is 1.29. The molecule has 0 spiro atoms. The van der Waals surface area contributed by atoms with Crippen LogP contribution < -0.4 is 8.43 Å². The molecule has 0 aromatic heterocycles. The van der Waals surface area contributed by atoms with Crippen LogP contribution in [0.1, 0.15) is 34.6 Å². The molecule has 0 fully saturated rings. The van der Waals surface area contributed by atoms with Crippen molar-refractivity contribution in [3.05, 3.63) is 24.3 Å². The molecule has 0 radical (unpaired) electrons. The smallest absolute Gasteiger partial charge is 0.303 e. The van der Waals surface area contributed by atoms with Gasteiger partial charge in [0, 0.05) is 24.0 Å². The number of amides is 2. The van der Waals surface area contributed by atoms with Gasteiger partial charge in [-0.05, 0) is 62.8 Å². The standard InChI is InChI=1S/C18H18ClI3N2O9/c1-7(26)32-6-12(33-8(2)27)18(31)24(22)11-3-10(16(19)29)14(20)13(15(11)21)17(30)23-4-9(28)5-25/h3,9,12,25,28H,4-6H2,1-2H3,(H,23,30). The topological polar surface area (TPSA) is 160 Å². The van der Waals surface area contributed by atoms with Crippen LogP contribution in [0.3, 0.4) is 0 Å². The van der Waals surface area contributed by atoms with Crippen molar-refractivity contribution in [2.24, 2.45) is 0 Å². The first-order chi connectivity index (χ1) is 15.3. The van der Waals surface area contributed by atoms with Gasteiger partial charge in [-0.3, -0.25) is 24.0 Å². The van der Waals surface area contributed by atoms with Crippen molar-refractivity contribution in [2.45, 2.75) is 26.1 Å². The monoisotopic (exact) mass is 822 g/mol. The number of esters is 2. The van der Waals surface area contributed by atoms with Gasteiger partial charge < -0.3 is 25.0 Å². The number of halogens is 4. The third-order valence-electron chi connectivity index (χ3n) is 3.76. The lowest BCUT2D eigenvalue weighted by Crippen LogP contribution is -2.40. The zero-order chi connectivity index (χ0) is 25.5. The Morgan fingerprint density at radius 2 is 1.76 bits per heavy atom. The maximum absolute atomic E-state index is 13.0. The highest BCUT2D eigenvalue weighted by atomic mass is 127. The minimum Gasteiger partial charge on any atom is -0.461 e. The van der Waals surface area contributed by atoms with E-state index in [4.69, 9.17) is 26.2 Å². The lowest BCUT2D eigenvalue weighted by molar-refractivity contribution is -0.160. The molecule has 0 aliphatic heterocycles. The fraction of sp³-hybridized carbons (Fsp3) is 0.389. The maximum Gasteiger partial charge on any atom is 0.303 e. The van der Waals surface area contributed by atoms with Crippen LogP contribution in [0.25, 0.3) is 0 Å². The minimum atomic E-state index is -1.48. The van der Waals surface area contributed by atoms with Gasteiger partial charge in [0.15, 0.2) is 0 Å². The molecule has 2 atom stereocenters. The summed E-state index contributed by atoms with van der Waals surface area (Å²) in [5, 5.41) is 20.0. The Balaban J connectivity index is 3.47. The molecule has 33 heavy (non-hydrogen) atoms. The first-order valence-corrected chi connectivity index (χ1v) is 12.4. The summed E-state index contributed by atoms with van der Waals surface area (Å²) in [7, 11) is 0. The summed E-state index contributed by atoms with van der Waals surface area (Å²) in [5.41, 5.74) is 0.0128. The minimum absolute atomic E-state index is 0.00123. The molecular weight excluding hydrogens is 804 g/mol. The molecule has 0 saturated heterocycles. The summed E-state index contributed by atoms with van der Waals surface area (Å²) in [6.07, 6.45) is -2.68. The highest BCUT2D eigenvalue weighted by molar-refractivity contribution is 14.1. The van der Waals surface area contributed by atoms with Gasteiger partial charge in [0.25, 0.3) is 17.1 Å². The Morgan fingerprint density at radius 1 is 1.15 bits per heavy atom. The van der Waals surface area contributed by atoms with Gasteiger partial charge in [-0.15, -0.1) is 0 Å². The quantitative estimate of drug-likeness (QED) is 0.138. The van der Waals surface area contributed by atoms with E-state index in [-0.39, 0.29) is 30.5 Å². The lowest BCUT2D eigenvalue weighted by Gasteiger charge is -2.24. The number of carbonyl (C=O) groups excluding carboxylic acids is 5. The Kier molecular flexibility index (Phi) is 12.7. The van der Waals surface area contributed by atoms with Crippen LogP contribution in [-0.2, 0) is 23.9 Å². The average Bonchev–Trinajstić information content (AvgIpc) is 2.73. The molecule has 0 bridgehead atoms. The third kappa shape index (κ3) is 8.71. The van der Waals surface area contributed by atoms with Gasteiger partial charge in [0.1, 0.15) is 6.61 Å². The molecule has 0 saturated carbocycles. The number of carbonyl (C=O) groups is 5. The molecule has 1 rings (SSSR count). The second-order valence-corrected chi connectivity index (χ2v) is 9.75. The Bertz CT molecular complexity index is 961. The zero-order valence-electron chi connectivity index (χ0n) is 17.1. The fourth-order valence-corrected chi connectivity index (χ4v) is 6.07. The van der Waals surface area contributed by atoms with Gasteiger partial charge in [0.05, 0.1) is 56.0 Å². The number of nitrogens with zero attached hydrogens (tertiary/aromatic N) is 1. The summed E-state index contributed by atoms with van der Waals surface area (Å²) in [4.78, 5) is 60.3. The number of nitrogens with one attached hydrogen (secondary N) is 1. The molecule has 0 aliphatic rings. The molecule has 1 aromatic carbocycles. The first kappa shape index (κ1) is 30.2. The number of benzene rings is 1. The summed E-state index contributed by atoms with van der Waals surface area (Å²) >= 11 is 10.8. The van der Waals surface area contributed by atoms with Crippen LogP contribution >= 0.6 is 79.6 Å². The van der Waals surface area contributed by atoms with E-state index in [1.807, 2.05) is 0 Å². The zero-order valence-corrected chi connectivity index (χ0v) is 24.3. The van der Waals surface area contributed by atoms with Gasteiger partial charge in [-0.1, -0.05) is 0 Å². The number of aliphatic hydroxyl groups is 2. The fourth-order valence-electron chi connectivity index (χ4n) is 2.27. The number of aliphatic hydroxyl groups excluding tert-OH is 2. The van der Waals surface area contributed by atoms with Crippen molar-refractivity contribution in [3.63, 3.8) is 0 Å². The molecule has 15 heteroatoms. The summed E-state index contributed by atoms with van der Waals surface area (Å²) in [5.74, 6) is -2.98. The van der Waals surface area contributed by atoms with E-state index in [2.05, 4.69) is 5.32 Å². The number of rotatable bonds is 10. The predicted octanol–water partition coefficient (Wildman–Crippen LogP) is 1.54. The van der Waals surface area contributed by atoms with Crippen molar-refractivity contribution in [1.82, 2.24) is 5.32 Å². The van der Waals surface area contributed by atoms with E-state index in [0.29, 0.717) is 0 Å². The SMILES string of the molecule is CC(=O)OCC(OC(C)=O)C(=O)N(I)c1cc(C(=O)Cl)c(I)c(C(=O)NCC(O)CO)c1I. The molecule has 2 amide bonds. The van der Waals surface area contributed by atoms with Gasteiger partial charge in [0.2, 0.25) is 6.10 Å². The van der Waals surface area contributed by atoms with Crippen molar-refractivity contribution in [2.75, 3.05) is 22.9 Å². The second-order valence-electron chi connectivity index (χ2n) is 6.29. The van der Waals surface area contributed by atoms with Gasteiger partial charge in [-0.25, -0.2) is 3.11 Å². The molecular formula is C18H18ClI3N2O9. The average molecular weight is 823 g/mol. The number of ether oxygens (including phenoxy) is 2. The predicted molar refractivity (Wildman–Crippen MR) is 141 cm³/mol. The molecule has 3 N–H and O–H groups in total. The van der Waals surface area contributed by atoms with E-state index in [1.54, 1.807) is 68.0 Å². The third-order valence-corrected chi connectivity index (χ3v) is 7.17. The van der Waals surface area contributed by atoms with Crippen molar-refractivity contribution in [1.29, 1.82) is 0 Å². The van der Waals surface area contributed by atoms with Gasteiger partial charge in [-0.2, -0.15) is 0 Å². The van der Waals surface area contributed by atoms with E-state index < -0.39 is 54.4 Å². The van der Waals surface area contributed by atoms with Crippen molar-refractivity contribution >= 4 is 114 Å². The largest absolute Gasteiger partial charge is 0.461 e. The number of hydrogen-bond acceptors (Lipinski definition) is 9. The van der Waals surface area contributed by atoms with E-state index in [9.17, 15) is 29.1 Å². The normalized spacial score (nSPS) is 12.4. The Labute approximate surface area is 234 Å². The highest BCUT2D eigenvalue weighted by Crippen LogP contribution is 2.35. The van der Waals surface area contributed by atoms with E-state index >= 15 is 0 Å². The molecule has 11 nitrogen and oxygen atoms in total.